The summed E-state index contributed by atoms with van der Waals surface area (Å²) < 4.78 is 0. The fourth-order valence-electron chi connectivity index (χ4n) is 3.40. The smallest absolute Gasteiger partial charge is 0.348 e. The van der Waals surface area contributed by atoms with Crippen molar-refractivity contribution < 1.29 is 14.7 Å². The largest absolute Gasteiger partial charge is 0.477 e. The van der Waals surface area contributed by atoms with E-state index in [1.165, 1.54) is 6.92 Å². The molecule has 0 radical (unpaired) electrons. The number of hydrogen-bond donors (Lipinski definition) is 3. The van der Waals surface area contributed by atoms with E-state index in [9.17, 15) is 14.7 Å². The average Bonchev–Trinajstić information content (AvgIpc) is 3.15. The van der Waals surface area contributed by atoms with E-state index in [0.29, 0.717) is 27.0 Å². The molecule has 0 saturated carbocycles. The quantitative estimate of drug-likeness (QED) is 0.471. The number of nitrogens with one attached hydrogen (secondary N) is 1. The molecule has 0 amide bonds. The van der Waals surface area contributed by atoms with Gasteiger partial charge in [-0.2, -0.15) is 0 Å². The molecule has 0 atom stereocenters. The molecule has 0 unspecified atom stereocenters. The lowest BCUT2D eigenvalue weighted by molar-refractivity contribution is 0.0703. The molecule has 0 aliphatic heterocycles. The highest BCUT2D eigenvalue weighted by Gasteiger charge is 2.26. The monoisotopic (exact) mass is 365 g/mol. The fourth-order valence-corrected chi connectivity index (χ4v) is 4.39. The number of carbonyl (C=O) groups excluding carboxylic acids is 1. The van der Waals surface area contributed by atoms with Gasteiger partial charge in [0, 0.05) is 39.2 Å². The number of carboxylic acids is 1. The van der Waals surface area contributed by atoms with E-state index in [2.05, 4.69) is 9.97 Å². The van der Waals surface area contributed by atoms with E-state index in [4.69, 9.17) is 5.73 Å². The lowest BCUT2D eigenvalue weighted by atomic mass is 9.93. The Hall–Kier alpha value is -3.19. The molecule has 0 aliphatic rings. The maximum Gasteiger partial charge on any atom is 0.348 e. The number of carboxylic acid groups (broad SMARTS) is 1. The van der Waals surface area contributed by atoms with Crippen LogP contribution >= 0.6 is 11.3 Å². The van der Waals surface area contributed by atoms with Gasteiger partial charge in [0.25, 0.3) is 0 Å². The van der Waals surface area contributed by atoms with Crippen LogP contribution in [0.25, 0.3) is 32.2 Å². The summed E-state index contributed by atoms with van der Waals surface area (Å²) in [5, 5.41) is 10.9. The van der Waals surface area contributed by atoms with Crippen LogP contribution in [0.1, 0.15) is 32.6 Å². The first-order valence-corrected chi connectivity index (χ1v) is 8.75. The molecule has 4 aromatic rings. The highest BCUT2D eigenvalue weighted by atomic mass is 32.1. The van der Waals surface area contributed by atoms with Gasteiger partial charge in [0.15, 0.2) is 5.78 Å². The van der Waals surface area contributed by atoms with Gasteiger partial charge in [-0.15, -0.1) is 11.3 Å². The molecule has 0 fully saturated rings. The lowest BCUT2D eigenvalue weighted by Crippen LogP contribution is -2.04. The van der Waals surface area contributed by atoms with E-state index < -0.39 is 5.97 Å². The summed E-state index contributed by atoms with van der Waals surface area (Å²) in [5.74, 6) is -1.24. The molecule has 0 spiro atoms. The third-order valence-corrected chi connectivity index (χ3v) is 5.55. The minimum Gasteiger partial charge on any atom is -0.477 e. The number of hydrogen-bond acceptors (Lipinski definition) is 5. The number of aromatic nitrogens is 2. The van der Waals surface area contributed by atoms with Crippen LogP contribution in [0, 0.1) is 6.92 Å². The van der Waals surface area contributed by atoms with Gasteiger partial charge >= 0.3 is 5.97 Å². The minimum absolute atomic E-state index is 0.0358. The molecular weight excluding hydrogens is 350 g/mol. The SMILES string of the molecule is CC(=O)c1c(C)nc2sc(C(=O)O)c(N)c2c1-c1c[nH]c2ccccc12. The number of fused-ring (bicyclic) bond motifs is 2. The van der Waals surface area contributed by atoms with Crippen molar-refractivity contribution in [1.29, 1.82) is 0 Å². The number of benzene rings is 1. The number of nitrogens with zero attached hydrogens (tertiary/aromatic N) is 1. The van der Waals surface area contributed by atoms with Gasteiger partial charge in [-0.05, 0) is 19.9 Å². The highest BCUT2D eigenvalue weighted by Crippen LogP contribution is 2.44. The van der Waals surface area contributed by atoms with Gasteiger partial charge in [-0.1, -0.05) is 18.2 Å². The number of carbonyl (C=O) groups is 2. The number of rotatable bonds is 3. The molecule has 7 heteroatoms. The molecule has 26 heavy (non-hydrogen) atoms. The number of pyridine rings is 1. The van der Waals surface area contributed by atoms with E-state index in [1.807, 2.05) is 30.5 Å². The van der Waals surface area contributed by atoms with Crippen LogP contribution in [-0.4, -0.2) is 26.8 Å². The number of ketones is 1. The van der Waals surface area contributed by atoms with Crippen LogP contribution in [0.3, 0.4) is 0 Å². The predicted octanol–water partition coefficient (Wildman–Crippen LogP) is 4.24. The first-order chi connectivity index (χ1) is 12.4. The van der Waals surface area contributed by atoms with Gasteiger partial charge < -0.3 is 15.8 Å². The summed E-state index contributed by atoms with van der Waals surface area (Å²) in [5.41, 5.74) is 9.71. The molecule has 1 aromatic carbocycles. The molecule has 4 rings (SSSR count). The van der Waals surface area contributed by atoms with Crippen molar-refractivity contribution in [3.05, 3.63) is 46.6 Å². The van der Waals surface area contributed by atoms with E-state index >= 15 is 0 Å². The number of para-hydroxylation sites is 1. The number of nitrogen functional groups attached to an aromatic ring is 1. The van der Waals surface area contributed by atoms with Crippen LogP contribution in [0.5, 0.6) is 0 Å². The zero-order valence-corrected chi connectivity index (χ0v) is 14.9. The van der Waals surface area contributed by atoms with Crippen molar-refractivity contribution in [2.45, 2.75) is 13.8 Å². The van der Waals surface area contributed by atoms with Crippen LogP contribution in [0.4, 0.5) is 5.69 Å². The Morgan fingerprint density at radius 1 is 1.27 bits per heavy atom. The van der Waals surface area contributed by atoms with E-state index in [-0.39, 0.29) is 16.3 Å². The molecular formula is C19H15N3O3S. The Kier molecular flexibility index (Phi) is 3.55. The number of nitrogens with two attached hydrogens (primary N) is 1. The first-order valence-electron chi connectivity index (χ1n) is 7.93. The first kappa shape index (κ1) is 16.3. The predicted molar refractivity (Wildman–Crippen MR) is 103 cm³/mol. The van der Waals surface area contributed by atoms with Crippen molar-refractivity contribution >= 4 is 49.9 Å². The number of aromatic amines is 1. The number of anilines is 1. The summed E-state index contributed by atoms with van der Waals surface area (Å²) in [6, 6.07) is 7.73. The molecule has 4 N–H and O–H groups in total. The summed E-state index contributed by atoms with van der Waals surface area (Å²) in [6.07, 6.45) is 1.82. The van der Waals surface area contributed by atoms with Crippen molar-refractivity contribution in [1.82, 2.24) is 9.97 Å². The normalized spacial score (nSPS) is 11.3. The Morgan fingerprint density at radius 2 is 2.00 bits per heavy atom. The van der Waals surface area contributed by atoms with Crippen LogP contribution < -0.4 is 5.73 Å². The van der Waals surface area contributed by atoms with Crippen molar-refractivity contribution in [3.63, 3.8) is 0 Å². The summed E-state index contributed by atoms with van der Waals surface area (Å²) in [7, 11) is 0. The van der Waals surface area contributed by atoms with Crippen molar-refractivity contribution in [2.75, 3.05) is 5.73 Å². The molecule has 0 bridgehead atoms. The van der Waals surface area contributed by atoms with Crippen molar-refractivity contribution in [3.8, 4) is 11.1 Å². The van der Waals surface area contributed by atoms with Crippen LogP contribution in [0.2, 0.25) is 0 Å². The maximum absolute atomic E-state index is 12.4. The van der Waals surface area contributed by atoms with Gasteiger partial charge in [-0.25, -0.2) is 9.78 Å². The molecule has 0 saturated heterocycles. The summed E-state index contributed by atoms with van der Waals surface area (Å²) in [6.45, 7) is 3.24. The number of aromatic carboxylic acids is 1. The Balaban J connectivity index is 2.23. The summed E-state index contributed by atoms with van der Waals surface area (Å²) >= 11 is 1.03. The van der Waals surface area contributed by atoms with Gasteiger partial charge in [0.05, 0.1) is 11.4 Å². The number of H-pyrrole nitrogens is 1. The summed E-state index contributed by atoms with van der Waals surface area (Å²) in [4.78, 5) is 32.2. The topological polar surface area (TPSA) is 109 Å². The second-order valence-corrected chi connectivity index (χ2v) is 7.08. The minimum atomic E-state index is -1.10. The number of aryl methyl sites for hydroxylation is 1. The van der Waals surface area contributed by atoms with E-state index in [0.717, 1.165) is 27.8 Å². The van der Waals surface area contributed by atoms with Gasteiger partial charge in [0.2, 0.25) is 0 Å². The number of Topliss-reactive ketones (excluding diaryl/α,β-unsaturated/α-hetero) is 1. The average molecular weight is 365 g/mol. The molecule has 3 aromatic heterocycles. The van der Waals surface area contributed by atoms with Crippen LogP contribution in [-0.2, 0) is 0 Å². The molecule has 130 valence electrons. The Morgan fingerprint density at radius 3 is 2.69 bits per heavy atom. The second kappa shape index (κ2) is 5.67. The maximum atomic E-state index is 12.4. The van der Waals surface area contributed by atoms with Gasteiger partial charge in [0.1, 0.15) is 9.71 Å². The van der Waals surface area contributed by atoms with E-state index in [1.54, 1.807) is 6.92 Å². The lowest BCUT2D eigenvalue weighted by Gasteiger charge is -2.12. The number of thiophene rings is 1. The third-order valence-electron chi connectivity index (χ3n) is 4.46. The van der Waals surface area contributed by atoms with Crippen molar-refractivity contribution in [2.24, 2.45) is 0 Å². The Labute approximate surface area is 152 Å². The van der Waals surface area contributed by atoms with Gasteiger partial charge in [-0.3, -0.25) is 4.79 Å². The molecule has 0 aliphatic carbocycles. The highest BCUT2D eigenvalue weighted by molar-refractivity contribution is 7.21. The zero-order chi connectivity index (χ0) is 18.6. The van der Waals surface area contributed by atoms with Crippen LogP contribution in [0.15, 0.2) is 30.5 Å². The third kappa shape index (κ3) is 2.21. The molecule has 6 nitrogen and oxygen atoms in total. The second-order valence-electron chi connectivity index (χ2n) is 6.08. The molecule has 3 heterocycles. The Bertz CT molecular complexity index is 1220. The fraction of sp³-hybridized carbons (Fsp3) is 0.105. The standard InChI is InChI=1S/C19H15N3O3S/c1-8-13(9(2)23)14(11-7-21-12-6-4-3-5-10(11)12)15-16(20)17(19(24)25)26-18(15)22-8/h3-7,21H,20H2,1-2H3,(H,24,25). The zero-order valence-electron chi connectivity index (χ0n) is 14.1.